The summed E-state index contributed by atoms with van der Waals surface area (Å²) in [6.45, 7) is 4.69. The van der Waals surface area contributed by atoms with Crippen LogP contribution >= 0.6 is 0 Å². The van der Waals surface area contributed by atoms with Crippen molar-refractivity contribution in [3.8, 4) is 0 Å². The van der Waals surface area contributed by atoms with Gasteiger partial charge in [0, 0.05) is 32.3 Å². The van der Waals surface area contributed by atoms with E-state index in [1.165, 1.54) is 11.1 Å². The summed E-state index contributed by atoms with van der Waals surface area (Å²) in [5.74, 6) is 2.56. The van der Waals surface area contributed by atoms with Crippen LogP contribution in [0.4, 0.5) is 11.6 Å². The third-order valence-electron chi connectivity index (χ3n) is 3.92. The lowest BCUT2D eigenvalue weighted by Gasteiger charge is -2.30. The van der Waals surface area contributed by atoms with Crippen LogP contribution < -0.4 is 10.2 Å². The van der Waals surface area contributed by atoms with Crippen molar-refractivity contribution in [2.24, 2.45) is 0 Å². The fourth-order valence-corrected chi connectivity index (χ4v) is 2.79. The van der Waals surface area contributed by atoms with Gasteiger partial charge < -0.3 is 15.3 Å². The minimum Gasteiger partial charge on any atom is -0.396 e. The van der Waals surface area contributed by atoms with Crippen LogP contribution in [0.5, 0.6) is 0 Å². The zero-order valence-corrected chi connectivity index (χ0v) is 12.9. The molecule has 3 rings (SSSR count). The second kappa shape index (κ2) is 6.75. The third kappa shape index (κ3) is 3.36. The zero-order valence-electron chi connectivity index (χ0n) is 12.9. The second-order valence-corrected chi connectivity index (χ2v) is 5.60. The van der Waals surface area contributed by atoms with Gasteiger partial charge in [0.1, 0.15) is 17.5 Å². The second-order valence-electron chi connectivity index (χ2n) is 5.60. The third-order valence-corrected chi connectivity index (χ3v) is 3.92. The predicted octanol–water partition coefficient (Wildman–Crippen LogP) is 2.14. The number of aromatic nitrogens is 2. The number of hydrogen-bond acceptors (Lipinski definition) is 5. The molecular formula is C17H22N4O. The Kier molecular flexibility index (Phi) is 4.53. The molecule has 5 heteroatoms. The van der Waals surface area contributed by atoms with E-state index in [0.717, 1.165) is 49.9 Å². The van der Waals surface area contributed by atoms with Crippen molar-refractivity contribution in [2.75, 3.05) is 29.9 Å². The van der Waals surface area contributed by atoms with Gasteiger partial charge in [-0.05, 0) is 30.9 Å². The Morgan fingerprint density at radius 3 is 2.86 bits per heavy atom. The number of aliphatic hydroxyl groups excluding tert-OH is 1. The number of nitrogens with zero attached hydrogens (tertiary/aromatic N) is 3. The van der Waals surface area contributed by atoms with E-state index in [4.69, 9.17) is 5.11 Å². The van der Waals surface area contributed by atoms with Crippen LogP contribution in [0.25, 0.3) is 0 Å². The SMILES string of the molecule is Cc1nc(NCCCO)cc(N2CCc3ccccc3C2)n1. The number of fused-ring (bicyclic) bond motifs is 1. The van der Waals surface area contributed by atoms with E-state index < -0.39 is 0 Å². The standard InChI is InChI=1S/C17H22N4O/c1-13-19-16(18-8-4-10-22)11-17(20-13)21-9-7-14-5-2-3-6-15(14)12-21/h2-3,5-6,11,22H,4,7-10,12H2,1H3,(H,18,19,20). The molecular weight excluding hydrogens is 276 g/mol. The minimum absolute atomic E-state index is 0.187. The van der Waals surface area contributed by atoms with Crippen molar-refractivity contribution in [1.29, 1.82) is 0 Å². The molecule has 0 amide bonds. The van der Waals surface area contributed by atoms with Crippen LogP contribution in [0.15, 0.2) is 30.3 Å². The van der Waals surface area contributed by atoms with E-state index in [1.807, 2.05) is 13.0 Å². The smallest absolute Gasteiger partial charge is 0.134 e. The number of rotatable bonds is 5. The number of hydrogen-bond donors (Lipinski definition) is 2. The molecule has 0 unspecified atom stereocenters. The summed E-state index contributed by atoms with van der Waals surface area (Å²) in [6, 6.07) is 10.6. The molecule has 0 fully saturated rings. The summed E-state index contributed by atoms with van der Waals surface area (Å²) in [4.78, 5) is 11.3. The molecule has 1 aromatic heterocycles. The van der Waals surface area contributed by atoms with E-state index in [0.29, 0.717) is 0 Å². The Morgan fingerprint density at radius 2 is 2.05 bits per heavy atom. The molecule has 22 heavy (non-hydrogen) atoms. The molecule has 5 nitrogen and oxygen atoms in total. The molecule has 0 bridgehead atoms. The molecule has 0 atom stereocenters. The Hall–Kier alpha value is -2.14. The molecule has 0 aliphatic carbocycles. The van der Waals surface area contributed by atoms with Gasteiger partial charge in [-0.1, -0.05) is 24.3 Å². The first kappa shape index (κ1) is 14.8. The first-order valence-electron chi connectivity index (χ1n) is 7.78. The Bertz CT molecular complexity index is 644. The van der Waals surface area contributed by atoms with Crippen molar-refractivity contribution in [1.82, 2.24) is 9.97 Å². The van der Waals surface area contributed by atoms with Crippen LogP contribution in [0.1, 0.15) is 23.4 Å². The van der Waals surface area contributed by atoms with Crippen LogP contribution in [0.2, 0.25) is 0 Å². The zero-order chi connectivity index (χ0) is 15.4. The van der Waals surface area contributed by atoms with Crippen molar-refractivity contribution >= 4 is 11.6 Å². The molecule has 2 aromatic rings. The highest BCUT2D eigenvalue weighted by Gasteiger charge is 2.17. The van der Waals surface area contributed by atoms with E-state index >= 15 is 0 Å². The van der Waals surface area contributed by atoms with Crippen molar-refractivity contribution in [3.05, 3.63) is 47.3 Å². The maximum Gasteiger partial charge on any atom is 0.134 e. The van der Waals surface area contributed by atoms with E-state index in [9.17, 15) is 0 Å². The number of anilines is 2. The summed E-state index contributed by atoms with van der Waals surface area (Å²) in [6.07, 6.45) is 1.77. The Morgan fingerprint density at radius 1 is 1.23 bits per heavy atom. The summed E-state index contributed by atoms with van der Waals surface area (Å²) in [5, 5.41) is 12.1. The van der Waals surface area contributed by atoms with Gasteiger partial charge in [-0.15, -0.1) is 0 Å². The monoisotopic (exact) mass is 298 g/mol. The first-order valence-corrected chi connectivity index (χ1v) is 7.78. The highest BCUT2D eigenvalue weighted by atomic mass is 16.3. The quantitative estimate of drug-likeness (QED) is 0.828. The maximum absolute atomic E-state index is 8.87. The molecule has 0 spiro atoms. The summed E-state index contributed by atoms with van der Waals surface area (Å²) >= 11 is 0. The lowest BCUT2D eigenvalue weighted by Crippen LogP contribution is -2.31. The normalized spacial score (nSPS) is 13.8. The topological polar surface area (TPSA) is 61.3 Å². The van der Waals surface area contributed by atoms with Gasteiger partial charge in [-0.25, -0.2) is 9.97 Å². The Balaban J connectivity index is 1.77. The van der Waals surface area contributed by atoms with Crippen LogP contribution in [0, 0.1) is 6.92 Å². The maximum atomic E-state index is 8.87. The van der Waals surface area contributed by atoms with Gasteiger partial charge in [0.15, 0.2) is 0 Å². The molecule has 0 radical (unpaired) electrons. The lowest BCUT2D eigenvalue weighted by molar-refractivity contribution is 0.292. The van der Waals surface area contributed by atoms with Gasteiger partial charge in [-0.2, -0.15) is 0 Å². The van der Waals surface area contributed by atoms with Crippen molar-refractivity contribution < 1.29 is 5.11 Å². The average Bonchev–Trinajstić information content (AvgIpc) is 2.54. The molecule has 116 valence electrons. The minimum atomic E-state index is 0.187. The molecule has 2 heterocycles. The number of aliphatic hydroxyl groups is 1. The van der Waals surface area contributed by atoms with Gasteiger partial charge in [0.25, 0.3) is 0 Å². The summed E-state index contributed by atoms with van der Waals surface area (Å²) < 4.78 is 0. The average molecular weight is 298 g/mol. The molecule has 2 N–H and O–H groups in total. The van der Waals surface area contributed by atoms with Gasteiger partial charge in [-0.3, -0.25) is 0 Å². The van der Waals surface area contributed by atoms with Crippen molar-refractivity contribution in [3.63, 3.8) is 0 Å². The molecule has 1 aliphatic rings. The highest BCUT2D eigenvalue weighted by molar-refractivity contribution is 5.51. The molecule has 1 aliphatic heterocycles. The summed E-state index contributed by atoms with van der Waals surface area (Å²) in [7, 11) is 0. The fraction of sp³-hybridized carbons (Fsp3) is 0.412. The van der Waals surface area contributed by atoms with E-state index in [2.05, 4.69) is 44.5 Å². The van der Waals surface area contributed by atoms with Crippen LogP contribution in [-0.4, -0.2) is 34.8 Å². The largest absolute Gasteiger partial charge is 0.396 e. The number of benzene rings is 1. The Labute approximate surface area is 131 Å². The fourth-order valence-electron chi connectivity index (χ4n) is 2.79. The molecule has 0 saturated heterocycles. The van der Waals surface area contributed by atoms with Crippen molar-refractivity contribution in [2.45, 2.75) is 26.3 Å². The van der Waals surface area contributed by atoms with Gasteiger partial charge in [0.2, 0.25) is 0 Å². The molecule has 1 aromatic carbocycles. The van der Waals surface area contributed by atoms with Gasteiger partial charge >= 0.3 is 0 Å². The van der Waals surface area contributed by atoms with Crippen LogP contribution in [-0.2, 0) is 13.0 Å². The van der Waals surface area contributed by atoms with E-state index in [1.54, 1.807) is 0 Å². The first-order chi connectivity index (χ1) is 10.8. The lowest BCUT2D eigenvalue weighted by atomic mass is 10.00. The van der Waals surface area contributed by atoms with Gasteiger partial charge in [0.05, 0.1) is 0 Å². The van der Waals surface area contributed by atoms with E-state index in [-0.39, 0.29) is 6.61 Å². The number of aryl methyl sites for hydroxylation is 1. The summed E-state index contributed by atoms with van der Waals surface area (Å²) in [5.41, 5.74) is 2.81. The predicted molar refractivity (Wildman–Crippen MR) is 88.2 cm³/mol. The number of nitrogens with one attached hydrogen (secondary N) is 1. The molecule has 0 saturated carbocycles. The van der Waals surface area contributed by atoms with Crippen LogP contribution in [0.3, 0.4) is 0 Å². The highest BCUT2D eigenvalue weighted by Crippen LogP contribution is 2.24.